The summed E-state index contributed by atoms with van der Waals surface area (Å²) < 4.78 is 25.5. The largest absolute Gasteiger partial charge is 0.312 e. The van der Waals surface area contributed by atoms with Crippen LogP contribution in [0.1, 0.15) is 25.3 Å². The number of nitrogens with one attached hydrogen (secondary N) is 1. The summed E-state index contributed by atoms with van der Waals surface area (Å²) in [5.74, 6) is 0.170. The molecule has 0 radical (unpaired) electrons. The van der Waals surface area contributed by atoms with Crippen molar-refractivity contribution >= 4 is 27.3 Å². The number of carbonyl (C=O) groups is 1. The molecule has 1 N–H and O–H groups in total. The lowest BCUT2D eigenvalue weighted by molar-refractivity contribution is -0.117. The lowest BCUT2D eigenvalue weighted by atomic mass is 10.1. The molecule has 1 fully saturated rings. The van der Waals surface area contributed by atoms with Gasteiger partial charge in [-0.2, -0.15) is 0 Å². The average molecular weight is 282 g/mol. The standard InChI is InChI=1S/C13H18N2O3S/c1-3-19(17,18)14-11-6-7-12(10(2)9-11)15-8-4-5-13(15)16/h6-7,9,14H,3-5,8H2,1-2H3. The summed E-state index contributed by atoms with van der Waals surface area (Å²) >= 11 is 0. The molecule has 5 nitrogen and oxygen atoms in total. The van der Waals surface area contributed by atoms with Crippen molar-refractivity contribution in [2.45, 2.75) is 26.7 Å². The topological polar surface area (TPSA) is 66.5 Å². The zero-order valence-corrected chi connectivity index (χ0v) is 12.0. The number of amides is 1. The van der Waals surface area contributed by atoms with Gasteiger partial charge in [-0.1, -0.05) is 0 Å². The first-order chi connectivity index (χ1) is 8.93. The van der Waals surface area contributed by atoms with Gasteiger partial charge in [0.25, 0.3) is 0 Å². The highest BCUT2D eigenvalue weighted by Gasteiger charge is 2.23. The van der Waals surface area contributed by atoms with E-state index in [4.69, 9.17) is 0 Å². The van der Waals surface area contributed by atoms with Crippen molar-refractivity contribution in [1.29, 1.82) is 0 Å². The molecular formula is C13H18N2O3S. The molecule has 19 heavy (non-hydrogen) atoms. The molecule has 0 atom stereocenters. The van der Waals surface area contributed by atoms with E-state index in [0.29, 0.717) is 12.1 Å². The zero-order valence-electron chi connectivity index (χ0n) is 11.1. The zero-order chi connectivity index (χ0) is 14.0. The third-order valence-corrected chi connectivity index (χ3v) is 4.52. The quantitative estimate of drug-likeness (QED) is 0.917. The number of nitrogens with zero attached hydrogens (tertiary/aromatic N) is 1. The molecule has 1 aliphatic heterocycles. The van der Waals surface area contributed by atoms with Gasteiger partial charge in [0.1, 0.15) is 0 Å². The monoisotopic (exact) mass is 282 g/mol. The summed E-state index contributed by atoms with van der Waals surface area (Å²) in [4.78, 5) is 13.5. The number of hydrogen-bond donors (Lipinski definition) is 1. The molecule has 0 aliphatic carbocycles. The maximum Gasteiger partial charge on any atom is 0.232 e. The van der Waals surface area contributed by atoms with Gasteiger partial charge in [0.15, 0.2) is 0 Å². The van der Waals surface area contributed by atoms with E-state index in [1.807, 2.05) is 6.92 Å². The number of sulfonamides is 1. The maximum atomic E-state index is 11.7. The van der Waals surface area contributed by atoms with E-state index in [1.54, 1.807) is 30.0 Å². The van der Waals surface area contributed by atoms with Crippen LogP contribution in [0, 0.1) is 6.92 Å². The highest BCUT2D eigenvalue weighted by atomic mass is 32.2. The summed E-state index contributed by atoms with van der Waals surface area (Å²) in [5.41, 5.74) is 2.29. The van der Waals surface area contributed by atoms with Crippen LogP contribution >= 0.6 is 0 Å². The number of anilines is 2. The van der Waals surface area contributed by atoms with Crippen LogP contribution in [-0.2, 0) is 14.8 Å². The Morgan fingerprint density at radius 2 is 2.11 bits per heavy atom. The molecule has 0 aromatic heterocycles. The number of hydrogen-bond acceptors (Lipinski definition) is 3. The normalized spacial score (nSPS) is 15.9. The van der Waals surface area contributed by atoms with Gasteiger partial charge in [-0.15, -0.1) is 0 Å². The molecule has 1 aromatic carbocycles. The van der Waals surface area contributed by atoms with E-state index in [2.05, 4.69) is 4.72 Å². The first-order valence-electron chi connectivity index (χ1n) is 6.34. The molecule has 104 valence electrons. The minimum atomic E-state index is -3.26. The van der Waals surface area contributed by atoms with Gasteiger partial charge in [0.05, 0.1) is 5.75 Å². The highest BCUT2D eigenvalue weighted by Crippen LogP contribution is 2.27. The predicted octanol–water partition coefficient (Wildman–Crippen LogP) is 1.88. The molecular weight excluding hydrogens is 264 g/mol. The molecule has 0 unspecified atom stereocenters. The highest BCUT2D eigenvalue weighted by molar-refractivity contribution is 7.92. The van der Waals surface area contributed by atoms with Crippen LogP contribution < -0.4 is 9.62 Å². The summed E-state index contributed by atoms with van der Waals surface area (Å²) in [6.45, 7) is 4.21. The first kappa shape index (κ1) is 13.9. The van der Waals surface area contributed by atoms with E-state index in [-0.39, 0.29) is 11.7 Å². The van der Waals surface area contributed by atoms with Crippen LogP contribution in [0.2, 0.25) is 0 Å². The minimum absolute atomic E-state index is 0.0401. The maximum absolute atomic E-state index is 11.7. The predicted molar refractivity (Wildman–Crippen MR) is 75.8 cm³/mol. The molecule has 0 bridgehead atoms. The Labute approximate surface area is 113 Å². The second-order valence-electron chi connectivity index (χ2n) is 4.66. The van der Waals surface area contributed by atoms with Crippen molar-refractivity contribution in [2.75, 3.05) is 21.9 Å². The SMILES string of the molecule is CCS(=O)(=O)Nc1ccc(N2CCCC2=O)c(C)c1. The van der Waals surface area contributed by atoms with Crippen molar-refractivity contribution in [3.8, 4) is 0 Å². The Hall–Kier alpha value is -1.56. The lowest BCUT2D eigenvalue weighted by Crippen LogP contribution is -2.24. The Morgan fingerprint density at radius 3 is 2.63 bits per heavy atom. The Morgan fingerprint density at radius 1 is 1.37 bits per heavy atom. The van der Waals surface area contributed by atoms with E-state index < -0.39 is 10.0 Å². The third kappa shape index (κ3) is 3.07. The average Bonchev–Trinajstić information content (AvgIpc) is 2.75. The van der Waals surface area contributed by atoms with E-state index in [0.717, 1.165) is 24.2 Å². The van der Waals surface area contributed by atoms with Crippen LogP contribution in [0.5, 0.6) is 0 Å². The number of carbonyl (C=O) groups excluding carboxylic acids is 1. The number of benzene rings is 1. The van der Waals surface area contributed by atoms with Crippen LogP contribution in [0.25, 0.3) is 0 Å². The molecule has 0 saturated carbocycles. The van der Waals surface area contributed by atoms with E-state index >= 15 is 0 Å². The molecule has 1 saturated heterocycles. The van der Waals surface area contributed by atoms with Gasteiger partial charge in [-0.05, 0) is 44.0 Å². The summed E-state index contributed by atoms with van der Waals surface area (Å²) in [7, 11) is -3.26. The van der Waals surface area contributed by atoms with Crippen molar-refractivity contribution in [2.24, 2.45) is 0 Å². The van der Waals surface area contributed by atoms with Gasteiger partial charge in [-0.25, -0.2) is 8.42 Å². The fourth-order valence-electron chi connectivity index (χ4n) is 2.18. The van der Waals surface area contributed by atoms with Crippen molar-refractivity contribution in [3.63, 3.8) is 0 Å². The van der Waals surface area contributed by atoms with Crippen molar-refractivity contribution in [1.82, 2.24) is 0 Å². The summed E-state index contributed by atoms with van der Waals surface area (Å²) in [5, 5.41) is 0. The fraction of sp³-hybridized carbons (Fsp3) is 0.462. The number of rotatable bonds is 4. The van der Waals surface area contributed by atoms with Gasteiger partial charge in [0, 0.05) is 24.3 Å². The van der Waals surface area contributed by atoms with Crippen LogP contribution in [0.15, 0.2) is 18.2 Å². The van der Waals surface area contributed by atoms with Gasteiger partial charge >= 0.3 is 0 Å². The minimum Gasteiger partial charge on any atom is -0.312 e. The smallest absolute Gasteiger partial charge is 0.232 e. The van der Waals surface area contributed by atoms with Gasteiger partial charge in [0.2, 0.25) is 15.9 Å². The second kappa shape index (κ2) is 5.21. The second-order valence-corrected chi connectivity index (χ2v) is 6.67. The third-order valence-electron chi connectivity index (χ3n) is 3.21. The molecule has 1 heterocycles. The first-order valence-corrected chi connectivity index (χ1v) is 7.99. The van der Waals surface area contributed by atoms with E-state index in [9.17, 15) is 13.2 Å². The Balaban J connectivity index is 2.25. The molecule has 2 rings (SSSR count). The van der Waals surface area contributed by atoms with Crippen LogP contribution in [0.3, 0.4) is 0 Å². The molecule has 1 aliphatic rings. The lowest BCUT2D eigenvalue weighted by Gasteiger charge is -2.19. The fourth-order valence-corrected chi connectivity index (χ4v) is 2.81. The van der Waals surface area contributed by atoms with Gasteiger partial charge in [-0.3, -0.25) is 9.52 Å². The Bertz CT molecular complexity index is 596. The van der Waals surface area contributed by atoms with Gasteiger partial charge < -0.3 is 4.90 Å². The van der Waals surface area contributed by atoms with E-state index in [1.165, 1.54) is 0 Å². The molecule has 0 spiro atoms. The van der Waals surface area contributed by atoms with Crippen LogP contribution in [0.4, 0.5) is 11.4 Å². The number of aryl methyl sites for hydroxylation is 1. The van der Waals surface area contributed by atoms with Crippen molar-refractivity contribution < 1.29 is 13.2 Å². The summed E-state index contributed by atoms with van der Waals surface area (Å²) in [6.07, 6.45) is 1.46. The summed E-state index contributed by atoms with van der Waals surface area (Å²) in [6, 6.07) is 5.25. The van der Waals surface area contributed by atoms with Crippen LogP contribution in [-0.4, -0.2) is 26.6 Å². The van der Waals surface area contributed by atoms with Crippen molar-refractivity contribution in [3.05, 3.63) is 23.8 Å². The molecule has 6 heteroatoms. The molecule has 1 amide bonds. The molecule has 1 aromatic rings. The Kier molecular flexibility index (Phi) is 3.80.